The van der Waals surface area contributed by atoms with Crippen molar-refractivity contribution < 1.29 is 8.72 Å². The topological polar surface area (TPSA) is 136 Å². The molecule has 0 aliphatic heterocycles. The van der Waals surface area contributed by atoms with Crippen molar-refractivity contribution in [2.45, 2.75) is 7.57 Å². The summed E-state index contributed by atoms with van der Waals surface area (Å²) in [5, 5.41) is 14.1. The van der Waals surface area contributed by atoms with Gasteiger partial charge in [-0.25, -0.2) is 19.3 Å². The Morgan fingerprint density at radius 3 is 2.70 bits per heavy atom. The van der Waals surface area contributed by atoms with Crippen LogP contribution in [0.5, 0.6) is 0 Å². The van der Waals surface area contributed by atoms with Crippen molar-refractivity contribution in [1.82, 2.24) is 19.9 Å². The van der Waals surface area contributed by atoms with Gasteiger partial charge in [-0.05, 0) is 39.8 Å². The zero-order valence-corrected chi connectivity index (χ0v) is 17.1. The number of aromatic amines is 1. The highest BCUT2D eigenvalue weighted by molar-refractivity contribution is 9.12. The highest BCUT2D eigenvalue weighted by Gasteiger charge is 2.48. The molecule has 0 spiro atoms. The van der Waals surface area contributed by atoms with Crippen LogP contribution in [0.4, 0.5) is 15.9 Å². The second-order valence-electron chi connectivity index (χ2n) is 5.02. The summed E-state index contributed by atoms with van der Waals surface area (Å²) in [7, 11) is 0. The van der Waals surface area contributed by atoms with Gasteiger partial charge in [0, 0.05) is 5.69 Å². The number of nitro groups is 1. The van der Waals surface area contributed by atoms with Gasteiger partial charge in [-0.3, -0.25) is 15.8 Å². The number of nitrogens with one attached hydrogen (secondary N) is 2. The van der Waals surface area contributed by atoms with Gasteiger partial charge in [0.2, 0.25) is 4.20 Å². The number of alkyl halides is 3. The van der Waals surface area contributed by atoms with Gasteiger partial charge in [-0.2, -0.15) is 0 Å². The van der Waals surface area contributed by atoms with Crippen molar-refractivity contribution in [2.75, 3.05) is 5.32 Å². The van der Waals surface area contributed by atoms with Crippen LogP contribution in [0.15, 0.2) is 36.7 Å². The van der Waals surface area contributed by atoms with E-state index in [0.29, 0.717) is 11.2 Å². The van der Waals surface area contributed by atoms with Gasteiger partial charge in [0.05, 0.1) is 6.33 Å². The third-order valence-corrected chi connectivity index (χ3v) is 5.62. The summed E-state index contributed by atoms with van der Waals surface area (Å²) in [5.41, 5.74) is 7.43. The van der Waals surface area contributed by atoms with E-state index in [0.717, 1.165) is 0 Å². The van der Waals surface area contributed by atoms with E-state index in [2.05, 4.69) is 41.2 Å². The summed E-state index contributed by atoms with van der Waals surface area (Å²) >= 11 is 8.35. The summed E-state index contributed by atoms with van der Waals surface area (Å²) in [6, 6.07) is 9.06. The lowest BCUT2D eigenvalue weighted by Crippen LogP contribution is -2.35. The molecule has 0 aliphatic rings. The van der Waals surface area contributed by atoms with Crippen molar-refractivity contribution in [1.29, 1.82) is 0 Å². The zero-order valence-electron chi connectivity index (χ0n) is 13.1. The average Bonchev–Trinajstić information content (AvgIpc) is 3.02. The van der Waals surface area contributed by atoms with Gasteiger partial charge in [0.15, 0.2) is 17.3 Å². The number of nitrogens with zero attached hydrogens (tertiary/aromatic N) is 4. The second kappa shape index (κ2) is 7.75. The number of thioether (sulfide) groups is 1. The van der Waals surface area contributed by atoms with Crippen LogP contribution < -0.4 is 11.1 Å². The van der Waals surface area contributed by atoms with E-state index in [1.165, 1.54) is 6.33 Å². The number of aromatic nitrogens is 4. The van der Waals surface area contributed by atoms with Crippen molar-refractivity contribution in [3.63, 3.8) is 0 Å². The molecule has 2 unspecified atom stereocenters. The quantitative estimate of drug-likeness (QED) is 0.146. The molecule has 1 aromatic carbocycles. The number of nitrogens with two attached hydrogens (primary N) is 1. The molecule has 142 valence electrons. The second-order valence-corrected chi connectivity index (χ2v) is 10.6. The van der Waals surface area contributed by atoms with Crippen LogP contribution in [0.2, 0.25) is 0 Å². The van der Waals surface area contributed by atoms with Gasteiger partial charge in [0.1, 0.15) is 9.85 Å². The largest absolute Gasteiger partial charge is 0.340 e. The predicted octanol–water partition coefficient (Wildman–Crippen LogP) is 4.04. The number of hydrogen-bond donors (Lipinski definition) is 3. The fourth-order valence-corrected chi connectivity index (χ4v) is 5.31. The van der Waals surface area contributed by atoms with Crippen LogP contribution in [-0.2, 0) is 4.20 Å². The number of para-hydroxylation sites is 1. The van der Waals surface area contributed by atoms with Gasteiger partial charge in [-0.1, -0.05) is 29.8 Å². The number of hydrogen-bond acceptors (Lipinski definition) is 9. The predicted molar refractivity (Wildman–Crippen MR) is 108 cm³/mol. The van der Waals surface area contributed by atoms with Crippen molar-refractivity contribution in [3.05, 3.63) is 52.6 Å². The van der Waals surface area contributed by atoms with Crippen molar-refractivity contribution in [3.8, 4) is 0 Å². The summed E-state index contributed by atoms with van der Waals surface area (Å²) in [5.74, 6) is 0.0426. The number of anilines is 2. The molecule has 0 saturated heterocycles. The summed E-state index contributed by atoms with van der Waals surface area (Å²) in [4.78, 5) is 26.4. The number of imidazole rings is 1. The number of benzene rings is 1. The molecule has 3 aromatic rings. The molecule has 0 bridgehead atoms. The minimum Gasteiger partial charge on any atom is -0.340 e. The normalized spacial score (nSPS) is 15.9. The lowest BCUT2D eigenvalue weighted by atomic mass is 10.3. The maximum absolute atomic E-state index is 14.0. The first-order valence-electron chi connectivity index (χ1n) is 7.09. The van der Waals surface area contributed by atoms with E-state index >= 15 is 0 Å². The smallest absolute Gasteiger partial charge is 0.287 e. The molecule has 4 N–H and O–H groups in total. The molecule has 0 radical (unpaired) electrons. The fourth-order valence-electron chi connectivity index (χ4n) is 2.13. The third-order valence-electron chi connectivity index (χ3n) is 3.11. The molecule has 0 amide bonds. The van der Waals surface area contributed by atoms with Crippen molar-refractivity contribution in [2.24, 2.45) is 5.73 Å². The van der Waals surface area contributed by atoms with Crippen LogP contribution in [0.25, 0.3) is 11.2 Å². The molecule has 2 heterocycles. The lowest BCUT2D eigenvalue weighted by molar-refractivity contribution is -0.285. The van der Waals surface area contributed by atoms with Crippen LogP contribution in [0.1, 0.15) is 5.82 Å². The van der Waals surface area contributed by atoms with Gasteiger partial charge < -0.3 is 10.3 Å². The van der Waals surface area contributed by atoms with Crippen LogP contribution in [0, 0.1) is 10.1 Å². The minimum absolute atomic E-state index is 0.0258. The molecule has 14 heteroatoms. The summed E-state index contributed by atoms with van der Waals surface area (Å²) in [6.45, 7) is 0. The number of halogens is 3. The molecule has 0 saturated carbocycles. The molecular formula is C13H10BrClFN7O2S2. The summed E-state index contributed by atoms with van der Waals surface area (Å²) in [6.07, 6.45) is 1.39. The Hall–Kier alpha value is -1.67. The fraction of sp³-hybridized carbons (Fsp3) is 0.154. The zero-order chi connectivity index (χ0) is 19.7. The first kappa shape index (κ1) is 20.1. The van der Waals surface area contributed by atoms with Gasteiger partial charge in [-0.15, -0.1) is 0 Å². The van der Waals surface area contributed by atoms with Crippen molar-refractivity contribution >= 4 is 73.9 Å². The number of fused-ring (bicyclic) bond motifs is 1. The number of H-pyrrole nitrogens is 1. The number of rotatable bonds is 7. The minimum atomic E-state index is -2.57. The molecule has 2 atom stereocenters. The maximum Gasteiger partial charge on any atom is 0.287 e. The molecular weight excluding hydrogens is 485 g/mol. The van der Waals surface area contributed by atoms with E-state index in [-0.39, 0.29) is 41.0 Å². The first-order valence-corrected chi connectivity index (χ1v) is 9.85. The Morgan fingerprint density at radius 1 is 1.37 bits per heavy atom. The Bertz CT molecular complexity index is 974. The molecule has 0 aliphatic carbocycles. The van der Waals surface area contributed by atoms with E-state index < -0.39 is 11.9 Å². The average molecular weight is 495 g/mol. The van der Waals surface area contributed by atoms with E-state index in [1.807, 2.05) is 18.2 Å². The van der Waals surface area contributed by atoms with E-state index in [1.54, 1.807) is 12.1 Å². The Labute approximate surface area is 173 Å². The molecule has 0 fully saturated rings. The van der Waals surface area contributed by atoms with E-state index in [9.17, 15) is 14.5 Å². The van der Waals surface area contributed by atoms with Crippen LogP contribution in [0.3, 0.4) is 0 Å². The maximum atomic E-state index is 14.0. The molecule has 2 aromatic heterocycles. The van der Waals surface area contributed by atoms with Crippen LogP contribution in [-0.4, -0.2) is 27.6 Å². The monoisotopic (exact) mass is 493 g/mol. The molecule has 3 rings (SSSR count). The Kier molecular flexibility index (Phi) is 5.76. The van der Waals surface area contributed by atoms with Gasteiger partial charge in [0.25, 0.3) is 15.3 Å². The SMILES string of the molecule is NC(S[N+](=O)[O-])(SC(F)(Cl)Br)c1nc(Nc2ccccc2)c2[nH]cnc2n1. The third kappa shape index (κ3) is 4.99. The Morgan fingerprint density at radius 2 is 2.07 bits per heavy atom. The first-order chi connectivity index (χ1) is 12.7. The highest BCUT2D eigenvalue weighted by atomic mass is 79.9. The Balaban J connectivity index is 2.10. The molecule has 27 heavy (non-hydrogen) atoms. The highest BCUT2D eigenvalue weighted by Crippen LogP contribution is 2.52. The summed E-state index contributed by atoms with van der Waals surface area (Å²) < 4.78 is 8.58. The molecule has 9 nitrogen and oxygen atoms in total. The van der Waals surface area contributed by atoms with Gasteiger partial charge >= 0.3 is 0 Å². The van der Waals surface area contributed by atoms with Crippen LogP contribution >= 0.6 is 51.2 Å². The standard InChI is InChI=1S/C13H10BrClFN7O2S2/c14-13(15,16)26-12(17,27-23(24)25)11-21-9-8(18-6-19-9)10(22-11)20-7-4-2-1-3-5-7/h1-6H,17H2,(H2,18,19,20,21,22). The lowest BCUT2D eigenvalue weighted by Gasteiger charge is -2.24. The van der Waals surface area contributed by atoms with E-state index in [4.69, 9.17) is 17.3 Å².